The third kappa shape index (κ3) is 10.8. The minimum atomic E-state index is -1.79. The molecule has 0 bridgehead atoms. The molecule has 1 aromatic carbocycles. The van der Waals surface area contributed by atoms with E-state index in [9.17, 15) is 0 Å². The van der Waals surface area contributed by atoms with Crippen LogP contribution in [0.15, 0.2) is 64.8 Å². The van der Waals surface area contributed by atoms with E-state index >= 15 is 0 Å². The Labute approximate surface area is 182 Å². The van der Waals surface area contributed by atoms with Gasteiger partial charge in [-0.25, -0.2) is 22.8 Å². The van der Waals surface area contributed by atoms with Gasteiger partial charge in [0.1, 0.15) is 0 Å². The van der Waals surface area contributed by atoms with Crippen LogP contribution >= 0.6 is 17.0 Å². The van der Waals surface area contributed by atoms with E-state index in [0.717, 1.165) is 6.04 Å². The van der Waals surface area contributed by atoms with Crippen LogP contribution in [0, 0.1) is 24.0 Å². The molecule has 0 fully saturated rings. The molecule has 2 aliphatic carbocycles. The van der Waals surface area contributed by atoms with Gasteiger partial charge in [-0.2, -0.15) is 11.6 Å². The Balaban J connectivity index is 0.000000206. The number of allylic oxidation sites excluding steroid dienone is 8. The summed E-state index contributed by atoms with van der Waals surface area (Å²) >= 11 is -1.79. The molecule has 2 unspecified atom stereocenters. The summed E-state index contributed by atoms with van der Waals surface area (Å²) in [6.45, 7) is 12.8. The molecular weight excluding hydrogens is 466 g/mol. The fourth-order valence-electron chi connectivity index (χ4n) is 2.77. The molecule has 4 heteroatoms. The van der Waals surface area contributed by atoms with Gasteiger partial charge in [-0.1, -0.05) is 46.5 Å². The Kier molecular flexibility index (Phi) is 12.1. The zero-order valence-corrected chi connectivity index (χ0v) is 22.4. The summed E-state index contributed by atoms with van der Waals surface area (Å²) in [5.74, 6) is 1.12. The van der Waals surface area contributed by atoms with Crippen molar-refractivity contribution in [3.8, 4) is 0 Å². The fourth-order valence-corrected chi connectivity index (χ4v) is 9.05. The Bertz CT molecular complexity index is 736. The normalized spacial score (nSPS) is 20.1. The van der Waals surface area contributed by atoms with E-state index in [1.165, 1.54) is 27.9 Å². The van der Waals surface area contributed by atoms with Crippen LogP contribution in [-0.4, -0.2) is 6.16 Å². The Morgan fingerprint density at radius 2 is 1.63 bits per heavy atom. The van der Waals surface area contributed by atoms with Crippen molar-refractivity contribution >= 4 is 23.2 Å². The van der Waals surface area contributed by atoms with E-state index < -0.39 is 18.0 Å². The van der Waals surface area contributed by atoms with Crippen LogP contribution in [-0.2, 0) is 24.0 Å². The van der Waals surface area contributed by atoms with E-state index in [1.807, 2.05) is 6.07 Å². The second kappa shape index (κ2) is 13.2. The first-order chi connectivity index (χ1) is 12.7. The van der Waals surface area contributed by atoms with Crippen molar-refractivity contribution in [3.05, 3.63) is 82.5 Å². The fraction of sp³-hybridized carbons (Fsp3) is 0.391. The molecular formula is C23H30Cl2SiZr-2. The van der Waals surface area contributed by atoms with Gasteiger partial charge in [-0.05, 0) is 0 Å². The second-order valence-electron chi connectivity index (χ2n) is 7.03. The topological polar surface area (TPSA) is 0 Å². The Hall–Kier alpha value is -0.140. The van der Waals surface area contributed by atoms with Crippen LogP contribution < -0.4 is 0 Å². The first-order valence-electron chi connectivity index (χ1n) is 9.31. The first kappa shape index (κ1) is 24.9. The van der Waals surface area contributed by atoms with E-state index in [2.05, 4.69) is 90.1 Å². The zero-order valence-electron chi connectivity index (χ0n) is 17.2. The van der Waals surface area contributed by atoms with Crippen molar-refractivity contribution in [1.82, 2.24) is 0 Å². The molecule has 27 heavy (non-hydrogen) atoms. The third-order valence-corrected chi connectivity index (χ3v) is 14.7. The molecule has 2 atom stereocenters. The number of halogens is 2. The monoisotopic (exact) mass is 494 g/mol. The summed E-state index contributed by atoms with van der Waals surface area (Å²) in [6.07, 6.45) is 11.3. The van der Waals surface area contributed by atoms with E-state index in [4.69, 9.17) is 17.0 Å². The van der Waals surface area contributed by atoms with Gasteiger partial charge in [-0.15, -0.1) is 6.92 Å². The quantitative estimate of drug-likeness (QED) is 0.302. The van der Waals surface area contributed by atoms with Gasteiger partial charge < -0.3 is 0 Å². The van der Waals surface area contributed by atoms with Gasteiger partial charge in [0, 0.05) is 0 Å². The summed E-state index contributed by atoms with van der Waals surface area (Å²) in [6, 6.07) is 11.5. The predicted molar refractivity (Wildman–Crippen MR) is 120 cm³/mol. The summed E-state index contributed by atoms with van der Waals surface area (Å²) in [7, 11) is 11.7. The summed E-state index contributed by atoms with van der Waals surface area (Å²) in [4.78, 5) is 0. The number of hydrogen-bond donors (Lipinski definition) is 0. The average Bonchev–Trinajstić information content (AvgIpc) is 3.06. The van der Waals surface area contributed by atoms with Gasteiger partial charge in [-0.3, -0.25) is 12.2 Å². The zero-order chi connectivity index (χ0) is 20.4. The third-order valence-electron chi connectivity index (χ3n) is 4.44. The average molecular weight is 497 g/mol. The Morgan fingerprint density at radius 1 is 1.00 bits per heavy atom. The van der Waals surface area contributed by atoms with Crippen molar-refractivity contribution in [1.29, 1.82) is 0 Å². The standard InChI is InChI=1S/2C8H11.C7H8Si.2ClH.Zr/c2*1-6-4-7(2)8(3)5-6;8-6-7-4-2-1-3-5-7;;;/h4,8H,1-3H3;4,6H,1-3H3;1-5,8H,6H2;2*1H;/q2*-1;;;;+2/p-2. The van der Waals surface area contributed by atoms with Gasteiger partial charge in [0.15, 0.2) is 0 Å². The van der Waals surface area contributed by atoms with E-state index in [0.29, 0.717) is 18.0 Å². The van der Waals surface area contributed by atoms with Crippen LogP contribution in [0.2, 0.25) is 0 Å². The molecule has 0 heterocycles. The van der Waals surface area contributed by atoms with Gasteiger partial charge in [0.25, 0.3) is 0 Å². The predicted octanol–water partition coefficient (Wildman–Crippen LogP) is 7.13. The minimum absolute atomic E-state index is 0.334. The van der Waals surface area contributed by atoms with E-state index in [1.54, 1.807) is 0 Å². The molecule has 2 aliphatic rings. The van der Waals surface area contributed by atoms with Gasteiger partial charge in [0.2, 0.25) is 0 Å². The van der Waals surface area contributed by atoms with Crippen molar-refractivity contribution in [2.75, 3.05) is 0 Å². The van der Waals surface area contributed by atoms with Crippen molar-refractivity contribution in [2.24, 2.45) is 11.8 Å². The SMILES string of the molecule is CC1=[C-]C(C)C(C)=C1.CC1=[C-]C(C)C=C1C.[Cl][Zr]([Cl])=[SiH]Cc1ccccc1. The molecule has 0 spiro atoms. The van der Waals surface area contributed by atoms with E-state index in [-0.39, 0.29) is 0 Å². The number of hydrogen-bond acceptors (Lipinski definition) is 0. The van der Waals surface area contributed by atoms with Crippen LogP contribution in [0.5, 0.6) is 0 Å². The van der Waals surface area contributed by atoms with Crippen LogP contribution in [0.25, 0.3) is 0 Å². The number of rotatable bonds is 2. The summed E-state index contributed by atoms with van der Waals surface area (Å²) < 4.78 is 0. The molecule has 0 amide bonds. The van der Waals surface area contributed by atoms with Crippen LogP contribution in [0.4, 0.5) is 0 Å². The van der Waals surface area contributed by atoms with Gasteiger partial charge in [0.05, 0.1) is 0 Å². The molecule has 0 saturated carbocycles. The molecule has 0 saturated heterocycles. The van der Waals surface area contributed by atoms with Crippen LogP contribution in [0.1, 0.15) is 47.1 Å². The summed E-state index contributed by atoms with van der Waals surface area (Å²) in [5.41, 5.74) is 6.80. The number of benzene rings is 1. The van der Waals surface area contributed by atoms with Crippen molar-refractivity contribution in [3.63, 3.8) is 0 Å². The van der Waals surface area contributed by atoms with Crippen molar-refractivity contribution < 1.29 is 18.0 Å². The molecule has 1 aromatic rings. The Morgan fingerprint density at radius 3 is 1.93 bits per heavy atom. The second-order valence-corrected chi connectivity index (χ2v) is 26.0. The summed E-state index contributed by atoms with van der Waals surface area (Å²) in [5, 5.41) is 0. The molecule has 0 radical (unpaired) electrons. The van der Waals surface area contributed by atoms with Crippen LogP contribution in [0.3, 0.4) is 0 Å². The molecule has 0 N–H and O–H groups in total. The molecule has 0 aromatic heterocycles. The maximum atomic E-state index is 5.83. The molecule has 0 nitrogen and oxygen atoms in total. The maximum absolute atomic E-state index is 5.83. The molecule has 0 aliphatic heterocycles. The molecule has 3 rings (SSSR count). The first-order valence-corrected chi connectivity index (χ1v) is 21.3. The molecule has 146 valence electrons. The van der Waals surface area contributed by atoms with Crippen molar-refractivity contribution in [2.45, 2.75) is 47.6 Å². The van der Waals surface area contributed by atoms with Gasteiger partial charge >= 0.3 is 83.1 Å².